The van der Waals surface area contributed by atoms with Crippen molar-refractivity contribution in [3.05, 3.63) is 96.2 Å². The molecule has 0 saturated carbocycles. The molecule has 0 aliphatic heterocycles. The second kappa shape index (κ2) is 10.1. The summed E-state index contributed by atoms with van der Waals surface area (Å²) in [5.41, 5.74) is 7.04. The molecule has 4 aromatic rings. The van der Waals surface area contributed by atoms with E-state index >= 15 is 0 Å². The van der Waals surface area contributed by atoms with Crippen molar-refractivity contribution < 1.29 is 4.42 Å². The van der Waals surface area contributed by atoms with Crippen LogP contribution in [0.25, 0.3) is 11.1 Å². The number of thioether (sulfide) groups is 1. The third kappa shape index (κ3) is 4.89. The fraction of sp³-hybridized carbons (Fsp3) is 0.208. The third-order valence-electron chi connectivity index (χ3n) is 4.93. The Kier molecular flexibility index (Phi) is 7.25. The maximum absolute atomic E-state index is 5.84. The van der Waals surface area contributed by atoms with Gasteiger partial charge >= 0.3 is 0 Å². The average molecular weight is 419 g/mol. The van der Waals surface area contributed by atoms with Crippen LogP contribution in [0.15, 0.2) is 77.4 Å². The Morgan fingerprint density at radius 2 is 1.63 bits per heavy atom. The minimum atomic E-state index is 0.495. The van der Waals surface area contributed by atoms with Gasteiger partial charge in [-0.05, 0) is 43.0 Å². The Balaban J connectivity index is 0.00000124. The molecule has 0 aliphatic carbocycles. The van der Waals surface area contributed by atoms with E-state index in [-0.39, 0.29) is 0 Å². The molecule has 2 aromatic heterocycles. The zero-order valence-corrected chi connectivity index (χ0v) is 18.4. The number of aromatic nitrogens is 4. The molecule has 0 spiro atoms. The molecule has 0 N–H and O–H groups in total. The van der Waals surface area contributed by atoms with Gasteiger partial charge in [0.15, 0.2) is 0 Å². The van der Waals surface area contributed by atoms with Crippen LogP contribution in [0.3, 0.4) is 0 Å². The highest BCUT2D eigenvalue weighted by atomic mass is 32.2. The molecule has 2 heterocycles. The molecule has 6 heteroatoms. The molecule has 0 saturated heterocycles. The summed E-state index contributed by atoms with van der Waals surface area (Å²) in [6.07, 6.45) is 0. The topological polar surface area (TPSA) is 56.7 Å². The van der Waals surface area contributed by atoms with Crippen molar-refractivity contribution in [3.63, 3.8) is 0 Å². The largest absolute Gasteiger partial charge is 0.414 e. The normalized spacial score (nSPS) is 10.5. The van der Waals surface area contributed by atoms with Crippen LogP contribution in [0, 0.1) is 20.8 Å². The van der Waals surface area contributed by atoms with E-state index in [1.165, 1.54) is 22.3 Å². The summed E-state index contributed by atoms with van der Waals surface area (Å²) in [4.78, 5) is 0. The molecule has 154 valence electrons. The summed E-state index contributed by atoms with van der Waals surface area (Å²) in [6.45, 7) is 12.6. The highest BCUT2D eigenvalue weighted by Gasteiger charge is 2.13. The van der Waals surface area contributed by atoms with Crippen molar-refractivity contribution in [2.24, 2.45) is 0 Å². The molecule has 0 unspecified atom stereocenters. The number of hydrogen-bond donors (Lipinski definition) is 0. The first-order chi connectivity index (χ1) is 14.6. The quantitative estimate of drug-likeness (QED) is 0.284. The SMILES string of the molecule is C=C.Cc1nn(Cc2nnc(SCc3ccccc3-c3ccccc3)o2)c(C)c1C. The summed E-state index contributed by atoms with van der Waals surface area (Å²) in [7, 11) is 0. The second-order valence-corrected chi connectivity index (χ2v) is 7.65. The lowest BCUT2D eigenvalue weighted by atomic mass is 10.0. The van der Waals surface area contributed by atoms with E-state index in [4.69, 9.17) is 4.42 Å². The Morgan fingerprint density at radius 3 is 2.33 bits per heavy atom. The van der Waals surface area contributed by atoms with Crippen LogP contribution in [0.4, 0.5) is 0 Å². The minimum Gasteiger partial charge on any atom is -0.414 e. The molecular weight excluding hydrogens is 392 g/mol. The molecule has 0 fully saturated rings. The summed E-state index contributed by atoms with van der Waals surface area (Å²) in [5, 5.41) is 13.5. The van der Waals surface area contributed by atoms with Crippen molar-refractivity contribution in [1.82, 2.24) is 20.0 Å². The summed E-state index contributed by atoms with van der Waals surface area (Å²) < 4.78 is 7.75. The zero-order valence-electron chi connectivity index (χ0n) is 17.6. The van der Waals surface area contributed by atoms with E-state index in [9.17, 15) is 0 Å². The van der Waals surface area contributed by atoms with Crippen molar-refractivity contribution in [2.75, 3.05) is 0 Å². The zero-order chi connectivity index (χ0) is 21.5. The lowest BCUT2D eigenvalue weighted by Crippen LogP contribution is -2.04. The van der Waals surface area contributed by atoms with Crippen LogP contribution >= 0.6 is 11.8 Å². The number of rotatable bonds is 6. The lowest BCUT2D eigenvalue weighted by molar-refractivity contribution is 0.396. The first-order valence-corrected chi connectivity index (χ1v) is 10.7. The monoisotopic (exact) mass is 418 g/mol. The Labute approximate surface area is 181 Å². The van der Waals surface area contributed by atoms with Gasteiger partial charge in [0.2, 0.25) is 5.89 Å². The van der Waals surface area contributed by atoms with E-state index in [1.54, 1.807) is 11.8 Å². The van der Waals surface area contributed by atoms with Crippen LogP contribution in [0.5, 0.6) is 0 Å². The van der Waals surface area contributed by atoms with Gasteiger partial charge in [-0.2, -0.15) is 5.10 Å². The molecule has 5 nitrogen and oxygen atoms in total. The maximum atomic E-state index is 5.84. The first kappa shape index (κ1) is 21.6. The van der Waals surface area contributed by atoms with Crippen molar-refractivity contribution in [3.8, 4) is 11.1 Å². The average Bonchev–Trinajstić information content (AvgIpc) is 3.34. The molecule has 0 aliphatic rings. The fourth-order valence-corrected chi connectivity index (χ4v) is 3.90. The molecule has 30 heavy (non-hydrogen) atoms. The van der Waals surface area contributed by atoms with Gasteiger partial charge < -0.3 is 4.42 Å². The number of nitrogens with zero attached hydrogens (tertiary/aromatic N) is 4. The second-order valence-electron chi connectivity index (χ2n) is 6.73. The summed E-state index contributed by atoms with van der Waals surface area (Å²) >= 11 is 1.56. The Bertz CT molecular complexity index is 1100. The Morgan fingerprint density at radius 1 is 0.933 bits per heavy atom. The van der Waals surface area contributed by atoms with Gasteiger partial charge in [0.25, 0.3) is 5.22 Å². The highest BCUT2D eigenvalue weighted by molar-refractivity contribution is 7.98. The van der Waals surface area contributed by atoms with Crippen LogP contribution in [0.1, 0.15) is 28.4 Å². The number of hydrogen-bond acceptors (Lipinski definition) is 5. The van der Waals surface area contributed by atoms with E-state index in [0.717, 1.165) is 17.1 Å². The number of aryl methyl sites for hydroxylation is 1. The molecule has 0 radical (unpaired) electrons. The molecule has 4 rings (SSSR count). The molecule has 0 bridgehead atoms. The first-order valence-electron chi connectivity index (χ1n) is 9.71. The van der Waals surface area contributed by atoms with Crippen LogP contribution in [-0.2, 0) is 12.3 Å². The smallest absolute Gasteiger partial charge is 0.276 e. The van der Waals surface area contributed by atoms with E-state index in [1.807, 2.05) is 17.7 Å². The predicted octanol–water partition coefficient (Wildman–Crippen LogP) is 6.00. The summed E-state index contributed by atoms with van der Waals surface area (Å²) in [5.74, 6) is 1.34. The third-order valence-corrected chi connectivity index (χ3v) is 5.80. The molecule has 0 amide bonds. The standard InChI is InChI=1S/C22H22N4OS.C2H4/c1-15-16(2)25-26(17(15)3)13-21-23-24-22(27-21)28-14-19-11-7-8-12-20(19)18-9-5-4-6-10-18;1-2/h4-12H,13-14H2,1-3H3;1-2H2. The van der Waals surface area contributed by atoms with Crippen molar-refractivity contribution in [2.45, 2.75) is 38.3 Å². The maximum Gasteiger partial charge on any atom is 0.276 e. The van der Waals surface area contributed by atoms with Crippen LogP contribution < -0.4 is 0 Å². The van der Waals surface area contributed by atoms with Gasteiger partial charge in [0.1, 0.15) is 6.54 Å². The highest BCUT2D eigenvalue weighted by Crippen LogP contribution is 2.29. The number of benzene rings is 2. The van der Waals surface area contributed by atoms with Gasteiger partial charge in [-0.3, -0.25) is 4.68 Å². The molecule has 0 atom stereocenters. The van der Waals surface area contributed by atoms with Gasteiger partial charge in [-0.1, -0.05) is 66.4 Å². The van der Waals surface area contributed by atoms with Crippen molar-refractivity contribution in [1.29, 1.82) is 0 Å². The van der Waals surface area contributed by atoms with E-state index < -0.39 is 0 Å². The fourth-order valence-electron chi connectivity index (χ4n) is 3.11. The van der Waals surface area contributed by atoms with Gasteiger partial charge in [0.05, 0.1) is 5.69 Å². The Hall–Kier alpha value is -3.12. The van der Waals surface area contributed by atoms with Crippen LogP contribution in [-0.4, -0.2) is 20.0 Å². The van der Waals surface area contributed by atoms with Gasteiger partial charge in [0, 0.05) is 11.4 Å². The van der Waals surface area contributed by atoms with Gasteiger partial charge in [-0.15, -0.1) is 23.4 Å². The van der Waals surface area contributed by atoms with Gasteiger partial charge in [-0.25, -0.2) is 0 Å². The summed E-state index contributed by atoms with van der Waals surface area (Å²) in [6, 6.07) is 18.8. The van der Waals surface area contributed by atoms with E-state index in [2.05, 4.69) is 90.8 Å². The van der Waals surface area contributed by atoms with E-state index in [0.29, 0.717) is 17.7 Å². The minimum absolute atomic E-state index is 0.495. The molecular formula is C24H26N4OS. The predicted molar refractivity (Wildman–Crippen MR) is 123 cm³/mol. The lowest BCUT2D eigenvalue weighted by Gasteiger charge is -2.08. The van der Waals surface area contributed by atoms with Crippen molar-refractivity contribution >= 4 is 11.8 Å². The molecule has 2 aromatic carbocycles. The van der Waals surface area contributed by atoms with Crippen LogP contribution in [0.2, 0.25) is 0 Å².